The van der Waals surface area contributed by atoms with Crippen LogP contribution in [0.3, 0.4) is 0 Å². The van der Waals surface area contributed by atoms with Crippen LogP contribution in [-0.2, 0) is 17.8 Å². The summed E-state index contributed by atoms with van der Waals surface area (Å²) in [6.07, 6.45) is 6.83. The first-order chi connectivity index (χ1) is 14.1. The predicted molar refractivity (Wildman–Crippen MR) is 107 cm³/mol. The van der Waals surface area contributed by atoms with E-state index in [0.29, 0.717) is 30.4 Å². The zero-order chi connectivity index (χ0) is 20.2. The molecule has 0 radical (unpaired) electrons. The first-order valence-electron chi connectivity index (χ1n) is 10.2. The molecule has 0 N–H and O–H groups in total. The van der Waals surface area contributed by atoms with E-state index in [1.54, 1.807) is 6.20 Å². The molecule has 1 aliphatic heterocycles. The topological polar surface area (TPSA) is 89.9 Å². The minimum absolute atomic E-state index is 0.0715. The Morgan fingerprint density at radius 3 is 2.97 bits per heavy atom. The molecular formula is C21H26N6O2. The maximum Gasteiger partial charge on any atom is 0.266 e. The van der Waals surface area contributed by atoms with Crippen molar-refractivity contribution >= 4 is 5.91 Å². The smallest absolute Gasteiger partial charge is 0.266 e. The summed E-state index contributed by atoms with van der Waals surface area (Å²) in [7, 11) is 0. The number of aryl methyl sites for hydroxylation is 3. The lowest BCUT2D eigenvalue weighted by Crippen LogP contribution is -2.39. The number of rotatable bonds is 6. The number of hydrogen-bond acceptors (Lipinski definition) is 6. The van der Waals surface area contributed by atoms with Gasteiger partial charge in [-0.1, -0.05) is 6.07 Å². The first kappa shape index (κ1) is 19.3. The molecule has 0 aliphatic carbocycles. The molecule has 1 atom stereocenters. The number of likely N-dealkylation sites (tertiary alicyclic amines) is 1. The zero-order valence-electron chi connectivity index (χ0n) is 16.9. The van der Waals surface area contributed by atoms with E-state index in [1.807, 2.05) is 40.9 Å². The van der Waals surface area contributed by atoms with Crippen molar-refractivity contribution in [1.82, 2.24) is 29.9 Å². The van der Waals surface area contributed by atoms with Crippen molar-refractivity contribution in [3.8, 4) is 11.6 Å². The van der Waals surface area contributed by atoms with E-state index in [1.165, 1.54) is 0 Å². The number of amides is 1. The van der Waals surface area contributed by atoms with Gasteiger partial charge in [0.25, 0.3) is 5.89 Å². The molecule has 8 nitrogen and oxygen atoms in total. The summed E-state index contributed by atoms with van der Waals surface area (Å²) in [6.45, 7) is 6.30. The second kappa shape index (κ2) is 8.55. The molecule has 3 aromatic heterocycles. The van der Waals surface area contributed by atoms with Gasteiger partial charge in [0.1, 0.15) is 5.69 Å². The highest BCUT2D eigenvalue weighted by Crippen LogP contribution is 2.28. The third-order valence-corrected chi connectivity index (χ3v) is 5.43. The lowest BCUT2D eigenvalue weighted by molar-refractivity contribution is -0.132. The van der Waals surface area contributed by atoms with Crippen molar-refractivity contribution in [1.29, 1.82) is 0 Å². The molecule has 0 aromatic carbocycles. The van der Waals surface area contributed by atoms with Crippen LogP contribution >= 0.6 is 0 Å². The quantitative estimate of drug-likeness (QED) is 0.638. The van der Waals surface area contributed by atoms with E-state index in [0.717, 1.165) is 43.6 Å². The number of aromatic nitrogens is 5. The van der Waals surface area contributed by atoms with E-state index in [9.17, 15) is 4.79 Å². The maximum atomic E-state index is 12.8. The Kier molecular flexibility index (Phi) is 5.69. The van der Waals surface area contributed by atoms with Gasteiger partial charge in [-0.3, -0.25) is 14.5 Å². The van der Waals surface area contributed by atoms with E-state index in [2.05, 4.69) is 27.2 Å². The predicted octanol–water partition coefficient (Wildman–Crippen LogP) is 3.00. The third-order valence-electron chi connectivity index (χ3n) is 5.43. The Morgan fingerprint density at radius 1 is 1.31 bits per heavy atom. The molecule has 0 unspecified atom stereocenters. The van der Waals surface area contributed by atoms with Gasteiger partial charge in [0.05, 0.1) is 11.6 Å². The molecule has 8 heteroatoms. The van der Waals surface area contributed by atoms with Gasteiger partial charge in [-0.05, 0) is 50.8 Å². The van der Waals surface area contributed by atoms with E-state index < -0.39 is 0 Å². The molecule has 1 aliphatic rings. The number of nitrogens with zero attached hydrogens (tertiary/aromatic N) is 6. The first-order valence-corrected chi connectivity index (χ1v) is 10.2. The van der Waals surface area contributed by atoms with Crippen LogP contribution in [0.5, 0.6) is 0 Å². The van der Waals surface area contributed by atoms with E-state index >= 15 is 0 Å². The molecule has 0 spiro atoms. The molecule has 1 saturated heterocycles. The average Bonchev–Trinajstić information content (AvgIpc) is 3.40. The van der Waals surface area contributed by atoms with Crippen LogP contribution < -0.4 is 0 Å². The molecule has 4 heterocycles. The van der Waals surface area contributed by atoms with Crippen molar-refractivity contribution in [2.75, 3.05) is 13.1 Å². The van der Waals surface area contributed by atoms with Gasteiger partial charge in [0.2, 0.25) is 11.8 Å². The lowest BCUT2D eigenvalue weighted by Gasteiger charge is -2.31. The highest BCUT2D eigenvalue weighted by molar-refractivity contribution is 5.76. The molecule has 1 fully saturated rings. The van der Waals surface area contributed by atoms with Crippen LogP contribution in [0.25, 0.3) is 11.6 Å². The van der Waals surface area contributed by atoms with Gasteiger partial charge >= 0.3 is 0 Å². The molecule has 152 valence electrons. The van der Waals surface area contributed by atoms with E-state index in [4.69, 9.17) is 4.42 Å². The van der Waals surface area contributed by atoms with Crippen LogP contribution in [0.15, 0.2) is 35.0 Å². The molecule has 4 rings (SSSR count). The summed E-state index contributed by atoms with van der Waals surface area (Å²) in [5.74, 6) is 1.25. The van der Waals surface area contributed by atoms with Crippen LogP contribution in [0, 0.1) is 6.92 Å². The van der Waals surface area contributed by atoms with Crippen molar-refractivity contribution in [2.24, 2.45) is 0 Å². The lowest BCUT2D eigenvalue weighted by atomic mass is 9.97. The van der Waals surface area contributed by atoms with Crippen molar-refractivity contribution < 1.29 is 9.21 Å². The Hall–Kier alpha value is -3.03. The Morgan fingerprint density at radius 2 is 2.21 bits per heavy atom. The van der Waals surface area contributed by atoms with Gasteiger partial charge in [-0.25, -0.2) is 0 Å². The Labute approximate surface area is 170 Å². The summed E-state index contributed by atoms with van der Waals surface area (Å²) in [5.41, 5.74) is 2.81. The van der Waals surface area contributed by atoms with Gasteiger partial charge in [0.15, 0.2) is 0 Å². The van der Waals surface area contributed by atoms with Gasteiger partial charge in [0, 0.05) is 38.4 Å². The van der Waals surface area contributed by atoms with Crippen LogP contribution in [0.2, 0.25) is 0 Å². The molecule has 0 saturated carbocycles. The fraction of sp³-hybridized carbons (Fsp3) is 0.476. The van der Waals surface area contributed by atoms with Crippen LogP contribution in [0.1, 0.15) is 49.3 Å². The molecule has 3 aromatic rings. The average molecular weight is 394 g/mol. The fourth-order valence-electron chi connectivity index (χ4n) is 3.76. The number of pyridine rings is 1. The largest absolute Gasteiger partial charge is 0.419 e. The molecular weight excluding hydrogens is 368 g/mol. The summed E-state index contributed by atoms with van der Waals surface area (Å²) >= 11 is 0. The highest BCUT2D eigenvalue weighted by atomic mass is 16.4. The summed E-state index contributed by atoms with van der Waals surface area (Å²) in [5, 5.41) is 12.8. The Balaban J connectivity index is 1.37. The standard InChI is InChI=1S/C21H26N6O2/c1-3-27-14-16(15(2)25-27)9-10-19(28)26-12-6-7-17(13-26)20-23-24-21(29-20)18-8-4-5-11-22-18/h4-5,8,11,14,17H,3,6-7,9-10,12-13H2,1-2H3/t17-/m0/s1. The number of hydrogen-bond donors (Lipinski definition) is 0. The zero-order valence-corrected chi connectivity index (χ0v) is 16.9. The summed E-state index contributed by atoms with van der Waals surface area (Å²) < 4.78 is 7.78. The molecule has 0 bridgehead atoms. The Bertz CT molecular complexity index is 965. The fourth-order valence-corrected chi connectivity index (χ4v) is 3.76. The van der Waals surface area contributed by atoms with E-state index in [-0.39, 0.29) is 11.8 Å². The maximum absolute atomic E-state index is 12.8. The monoisotopic (exact) mass is 394 g/mol. The normalized spacial score (nSPS) is 16.9. The second-order valence-electron chi connectivity index (χ2n) is 7.43. The van der Waals surface area contributed by atoms with Crippen molar-refractivity contribution in [3.05, 3.63) is 47.7 Å². The number of carbonyl (C=O) groups is 1. The highest BCUT2D eigenvalue weighted by Gasteiger charge is 2.28. The van der Waals surface area contributed by atoms with Crippen LogP contribution in [0.4, 0.5) is 0 Å². The minimum Gasteiger partial charge on any atom is -0.419 e. The number of carbonyl (C=O) groups excluding carboxylic acids is 1. The van der Waals surface area contributed by atoms with Gasteiger partial charge < -0.3 is 9.32 Å². The molecule has 29 heavy (non-hydrogen) atoms. The minimum atomic E-state index is 0.0715. The summed E-state index contributed by atoms with van der Waals surface area (Å²) in [4.78, 5) is 19.0. The third kappa shape index (κ3) is 4.36. The van der Waals surface area contributed by atoms with Crippen molar-refractivity contribution in [2.45, 2.75) is 52.0 Å². The SMILES string of the molecule is CCn1cc(CCC(=O)N2CCC[C@H](c3nnc(-c4ccccn4)o3)C2)c(C)n1. The van der Waals surface area contributed by atoms with Gasteiger partial charge in [-0.2, -0.15) is 5.10 Å². The van der Waals surface area contributed by atoms with Crippen LogP contribution in [-0.4, -0.2) is 48.9 Å². The second-order valence-corrected chi connectivity index (χ2v) is 7.43. The van der Waals surface area contributed by atoms with Gasteiger partial charge in [-0.15, -0.1) is 10.2 Å². The van der Waals surface area contributed by atoms with Crippen molar-refractivity contribution in [3.63, 3.8) is 0 Å². The number of piperidine rings is 1. The molecule has 1 amide bonds. The summed E-state index contributed by atoms with van der Waals surface area (Å²) in [6, 6.07) is 5.58.